The van der Waals surface area contributed by atoms with E-state index < -0.39 is 17.8 Å². The number of hydrogen-bond acceptors (Lipinski definition) is 9. The zero-order valence-electron chi connectivity index (χ0n) is 28.8. The van der Waals surface area contributed by atoms with Gasteiger partial charge in [-0.3, -0.25) is 9.59 Å². The van der Waals surface area contributed by atoms with Crippen LogP contribution in [0.1, 0.15) is 52.4 Å². The Morgan fingerprint density at radius 3 is 2.10 bits per heavy atom. The fourth-order valence-electron chi connectivity index (χ4n) is 6.15. The minimum atomic E-state index is -0.555. The van der Waals surface area contributed by atoms with Crippen LogP contribution in [-0.2, 0) is 19.2 Å². The van der Waals surface area contributed by atoms with Crippen LogP contribution in [0, 0.1) is 0 Å². The van der Waals surface area contributed by atoms with Crippen LogP contribution < -0.4 is 14.4 Å². The molecule has 0 unspecified atom stereocenters. The third-order valence-electron chi connectivity index (χ3n) is 8.93. The van der Waals surface area contributed by atoms with Gasteiger partial charge in [-0.15, -0.1) is 9.63 Å². The minimum Gasteiger partial charge on any atom is -0.375 e. The number of unbranched alkanes of at least 4 members (excludes halogenated alkanes) is 2. The van der Waals surface area contributed by atoms with Gasteiger partial charge in [0, 0.05) is 81.6 Å². The standard InChI is InChI=1S/C39H42N7O4/c1-4-44(5-2)32-20-22-34-36(27-32)45(31-12-8-6-9-13-31)35-26-29(17-21-33(35)40-34)42-41-28-15-18-30(19-16-28)43(3)25-11-7-10-14-39(49)50-46-37(47)23-24-38(46)48/h6,8-9,12-13,15-22,26-27H,4-5,7,10-11,14,23-25H2,1-3H3/q+1. The van der Waals surface area contributed by atoms with Gasteiger partial charge in [0.25, 0.3) is 11.8 Å². The van der Waals surface area contributed by atoms with E-state index in [1.165, 1.54) is 0 Å². The Morgan fingerprint density at radius 1 is 0.780 bits per heavy atom. The SMILES string of the molecule is CCN(CC)c1ccc2nc3ccc(N=Nc4ccc(N(C)CCCCCC(=O)ON5C(=O)CCC5=O)cc4)cc3[n+](-c3ccccc3)c2c1. The van der Waals surface area contributed by atoms with Crippen molar-refractivity contribution in [2.75, 3.05) is 36.5 Å². The summed E-state index contributed by atoms with van der Waals surface area (Å²) in [6.07, 6.45) is 2.65. The molecule has 1 aliphatic rings. The van der Waals surface area contributed by atoms with Gasteiger partial charge in [0.15, 0.2) is 0 Å². The van der Waals surface area contributed by atoms with Crippen molar-refractivity contribution in [1.82, 2.24) is 10.0 Å². The molecule has 1 aromatic heterocycles. The largest absolute Gasteiger partial charge is 0.375 e. The number of imide groups is 1. The fraction of sp³-hybridized carbons (Fsp3) is 0.308. The number of hydroxylamine groups is 2. The van der Waals surface area contributed by atoms with E-state index in [1.807, 2.05) is 67.7 Å². The Balaban J connectivity index is 1.11. The summed E-state index contributed by atoms with van der Waals surface area (Å²) in [5, 5.41) is 9.74. The second-order valence-electron chi connectivity index (χ2n) is 12.3. The van der Waals surface area contributed by atoms with E-state index in [4.69, 9.17) is 9.82 Å². The van der Waals surface area contributed by atoms with Gasteiger partial charge in [-0.25, -0.2) is 9.78 Å². The predicted molar refractivity (Wildman–Crippen MR) is 194 cm³/mol. The molecule has 50 heavy (non-hydrogen) atoms. The maximum Gasteiger partial charge on any atom is 0.333 e. The molecule has 2 amide bonds. The second-order valence-corrected chi connectivity index (χ2v) is 12.3. The highest BCUT2D eigenvalue weighted by molar-refractivity contribution is 6.01. The fourth-order valence-corrected chi connectivity index (χ4v) is 6.15. The second kappa shape index (κ2) is 15.7. The molecule has 1 saturated heterocycles. The van der Waals surface area contributed by atoms with Crippen molar-refractivity contribution in [2.24, 2.45) is 10.2 Å². The number of carbonyl (C=O) groups excluding carboxylic acids is 3. The molecule has 0 N–H and O–H groups in total. The molecule has 0 radical (unpaired) electrons. The maximum atomic E-state index is 12.0. The summed E-state index contributed by atoms with van der Waals surface area (Å²) in [5.41, 5.74) is 8.49. The molecule has 11 heteroatoms. The number of aromatic nitrogens is 2. The van der Waals surface area contributed by atoms with Crippen LogP contribution in [0.2, 0.25) is 0 Å². The Kier molecular flexibility index (Phi) is 10.7. The average molecular weight is 673 g/mol. The topological polar surface area (TPSA) is 112 Å². The third kappa shape index (κ3) is 7.78. The van der Waals surface area contributed by atoms with Crippen LogP contribution in [0.25, 0.3) is 27.8 Å². The molecule has 4 aromatic carbocycles. The quantitative estimate of drug-likeness (QED) is 0.0394. The van der Waals surface area contributed by atoms with Crippen molar-refractivity contribution in [3.05, 3.63) is 91.0 Å². The molecular formula is C39H42N7O4+. The molecule has 1 fully saturated rings. The van der Waals surface area contributed by atoms with Gasteiger partial charge in [-0.05, 0) is 75.2 Å². The Morgan fingerprint density at radius 2 is 1.40 bits per heavy atom. The van der Waals surface area contributed by atoms with Crippen LogP contribution in [0.5, 0.6) is 0 Å². The lowest BCUT2D eigenvalue weighted by Gasteiger charge is -2.20. The minimum absolute atomic E-state index is 0.0933. The van der Waals surface area contributed by atoms with E-state index in [1.54, 1.807) is 0 Å². The summed E-state index contributed by atoms with van der Waals surface area (Å²) in [6.45, 7) is 6.98. The summed E-state index contributed by atoms with van der Waals surface area (Å²) in [7, 11) is 2.02. The Bertz CT molecular complexity index is 2010. The molecule has 256 valence electrons. The van der Waals surface area contributed by atoms with E-state index >= 15 is 0 Å². The molecule has 1 aliphatic heterocycles. The van der Waals surface area contributed by atoms with Gasteiger partial charge in [-0.1, -0.05) is 24.6 Å². The highest BCUT2D eigenvalue weighted by Crippen LogP contribution is 2.27. The van der Waals surface area contributed by atoms with Gasteiger partial charge in [0.05, 0.1) is 11.4 Å². The van der Waals surface area contributed by atoms with Crippen molar-refractivity contribution in [1.29, 1.82) is 0 Å². The van der Waals surface area contributed by atoms with E-state index in [-0.39, 0.29) is 19.3 Å². The highest BCUT2D eigenvalue weighted by Gasteiger charge is 2.32. The predicted octanol–water partition coefficient (Wildman–Crippen LogP) is 7.53. The number of fused-ring (bicyclic) bond motifs is 2. The van der Waals surface area contributed by atoms with Crippen molar-refractivity contribution >= 4 is 62.6 Å². The maximum absolute atomic E-state index is 12.0. The first kappa shape index (κ1) is 34.2. The number of azo groups is 1. The van der Waals surface area contributed by atoms with E-state index in [9.17, 15) is 14.4 Å². The molecule has 0 saturated carbocycles. The average Bonchev–Trinajstić information content (AvgIpc) is 3.45. The summed E-state index contributed by atoms with van der Waals surface area (Å²) in [5.74, 6) is -1.47. The molecule has 0 aliphatic carbocycles. The van der Waals surface area contributed by atoms with Crippen LogP contribution in [-0.4, -0.2) is 54.5 Å². The van der Waals surface area contributed by atoms with Crippen molar-refractivity contribution in [3.63, 3.8) is 0 Å². The summed E-state index contributed by atoms with van der Waals surface area (Å²) in [4.78, 5) is 49.7. The summed E-state index contributed by atoms with van der Waals surface area (Å²) < 4.78 is 2.25. The molecular weight excluding hydrogens is 630 g/mol. The highest BCUT2D eigenvalue weighted by atomic mass is 16.7. The molecule has 2 heterocycles. The first-order valence-electron chi connectivity index (χ1n) is 17.2. The van der Waals surface area contributed by atoms with Crippen LogP contribution in [0.3, 0.4) is 0 Å². The van der Waals surface area contributed by atoms with Gasteiger partial charge in [0.1, 0.15) is 11.0 Å². The van der Waals surface area contributed by atoms with Crippen LogP contribution in [0.4, 0.5) is 22.7 Å². The molecule has 0 atom stereocenters. The van der Waals surface area contributed by atoms with E-state index in [0.29, 0.717) is 11.5 Å². The van der Waals surface area contributed by atoms with Gasteiger partial charge in [-0.2, -0.15) is 10.2 Å². The first-order valence-corrected chi connectivity index (χ1v) is 17.2. The number of hydrogen-bond donors (Lipinski definition) is 0. The number of carbonyl (C=O) groups is 3. The normalized spacial score (nSPS) is 13.1. The molecule has 6 rings (SSSR count). The third-order valence-corrected chi connectivity index (χ3v) is 8.93. The van der Waals surface area contributed by atoms with Gasteiger partial charge in [0.2, 0.25) is 16.7 Å². The molecule has 5 aromatic rings. The molecule has 0 spiro atoms. The number of anilines is 2. The molecule has 0 bridgehead atoms. The van der Waals surface area contributed by atoms with Crippen molar-refractivity contribution in [3.8, 4) is 5.69 Å². The lowest BCUT2D eigenvalue weighted by atomic mass is 10.1. The Labute approximate surface area is 291 Å². The van der Waals surface area contributed by atoms with Crippen molar-refractivity contribution in [2.45, 2.75) is 52.4 Å². The zero-order chi connectivity index (χ0) is 35.0. The van der Waals surface area contributed by atoms with E-state index in [2.05, 4.69) is 68.8 Å². The Hall–Kier alpha value is -5.71. The lowest BCUT2D eigenvalue weighted by Crippen LogP contribution is -2.33. The smallest absolute Gasteiger partial charge is 0.333 e. The first-order chi connectivity index (χ1) is 24.3. The lowest BCUT2D eigenvalue weighted by molar-refractivity contribution is -0.538. The number of benzene rings is 4. The van der Waals surface area contributed by atoms with Gasteiger partial charge >= 0.3 is 5.97 Å². The summed E-state index contributed by atoms with van der Waals surface area (Å²) in [6, 6.07) is 30.7. The number of rotatable bonds is 14. The van der Waals surface area contributed by atoms with Crippen LogP contribution >= 0.6 is 0 Å². The number of nitrogens with zero attached hydrogens (tertiary/aromatic N) is 7. The zero-order valence-corrected chi connectivity index (χ0v) is 28.8. The number of amides is 2. The molecule has 11 nitrogen and oxygen atoms in total. The van der Waals surface area contributed by atoms with Gasteiger partial charge < -0.3 is 14.6 Å². The van der Waals surface area contributed by atoms with E-state index in [0.717, 1.165) is 83.0 Å². The number of para-hydroxylation sites is 1. The van der Waals surface area contributed by atoms with Crippen LogP contribution in [0.15, 0.2) is 101 Å². The van der Waals surface area contributed by atoms with Crippen molar-refractivity contribution < 1.29 is 23.8 Å². The monoisotopic (exact) mass is 672 g/mol. The summed E-state index contributed by atoms with van der Waals surface area (Å²) >= 11 is 0.